The molecule has 1 radical (unpaired) electrons. The minimum absolute atomic E-state index is 0.632. The van der Waals surface area contributed by atoms with Gasteiger partial charge in [0.25, 0.3) is 0 Å². The molecule has 1 fully saturated rings. The number of carbonyl (C=O) groups excluding carboxylic acids is 1. The molecule has 1 aliphatic rings. The molecule has 1 rings (SSSR count). The molecule has 2 nitrogen and oxygen atoms in total. The van der Waals surface area contributed by atoms with Crippen LogP contribution in [0, 0.1) is 5.92 Å². The predicted molar refractivity (Wildman–Crippen MR) is 72.9 cm³/mol. The molecule has 1 aliphatic heterocycles. The molecule has 0 spiro atoms. The maximum Gasteiger partial charge on any atom is 0.198 e. The third kappa shape index (κ3) is 6.82. The summed E-state index contributed by atoms with van der Waals surface area (Å²) in [5.74, 6) is 0.896. The van der Waals surface area contributed by atoms with Crippen molar-refractivity contribution in [2.75, 3.05) is 19.6 Å². The van der Waals surface area contributed by atoms with Gasteiger partial charge in [-0.15, -0.1) is 0 Å². The maximum atomic E-state index is 10.1. The van der Waals surface area contributed by atoms with Crippen molar-refractivity contribution in [3.63, 3.8) is 0 Å². The molecular formula is C15H28NO. The van der Waals surface area contributed by atoms with E-state index in [2.05, 4.69) is 11.8 Å². The Kier molecular flexibility index (Phi) is 8.33. The molecule has 1 unspecified atom stereocenters. The summed E-state index contributed by atoms with van der Waals surface area (Å²) in [5.41, 5.74) is 0. The van der Waals surface area contributed by atoms with Gasteiger partial charge >= 0.3 is 0 Å². The van der Waals surface area contributed by atoms with Crippen molar-refractivity contribution >= 4 is 6.29 Å². The Morgan fingerprint density at radius 1 is 1.18 bits per heavy atom. The Balaban J connectivity index is 1.96. The Bertz CT molecular complexity index is 193. The van der Waals surface area contributed by atoms with E-state index < -0.39 is 0 Å². The van der Waals surface area contributed by atoms with Gasteiger partial charge in [0.1, 0.15) is 0 Å². The van der Waals surface area contributed by atoms with Crippen LogP contribution in [0.4, 0.5) is 0 Å². The van der Waals surface area contributed by atoms with Crippen LogP contribution in [-0.2, 0) is 4.79 Å². The van der Waals surface area contributed by atoms with Crippen LogP contribution in [-0.4, -0.2) is 30.8 Å². The topological polar surface area (TPSA) is 20.3 Å². The second-order valence-electron chi connectivity index (χ2n) is 5.41. The van der Waals surface area contributed by atoms with Crippen LogP contribution >= 0.6 is 0 Å². The SMILES string of the molecule is CCCCCCN1CCC(CCCC[C]=O)C1. The second-order valence-corrected chi connectivity index (χ2v) is 5.41. The average Bonchev–Trinajstić information content (AvgIpc) is 2.78. The first-order valence-corrected chi connectivity index (χ1v) is 7.44. The van der Waals surface area contributed by atoms with Crippen LogP contribution in [0.25, 0.3) is 0 Å². The largest absolute Gasteiger partial charge is 0.303 e. The van der Waals surface area contributed by atoms with Gasteiger partial charge < -0.3 is 4.90 Å². The zero-order chi connectivity index (χ0) is 12.3. The van der Waals surface area contributed by atoms with E-state index in [1.807, 2.05) is 6.29 Å². The van der Waals surface area contributed by atoms with Gasteiger partial charge in [-0.25, -0.2) is 0 Å². The van der Waals surface area contributed by atoms with E-state index in [1.165, 1.54) is 64.6 Å². The third-order valence-electron chi connectivity index (χ3n) is 3.84. The average molecular weight is 238 g/mol. The molecule has 0 amide bonds. The molecule has 0 saturated carbocycles. The van der Waals surface area contributed by atoms with Gasteiger partial charge in [0, 0.05) is 13.0 Å². The summed E-state index contributed by atoms with van der Waals surface area (Å²) in [6.45, 7) is 6.18. The van der Waals surface area contributed by atoms with E-state index in [1.54, 1.807) is 0 Å². The van der Waals surface area contributed by atoms with Crippen molar-refractivity contribution in [3.8, 4) is 0 Å². The van der Waals surface area contributed by atoms with E-state index in [-0.39, 0.29) is 0 Å². The number of unbranched alkanes of at least 4 members (excludes halogenated alkanes) is 5. The Hall–Kier alpha value is -0.370. The van der Waals surface area contributed by atoms with Crippen molar-refractivity contribution in [2.45, 2.75) is 64.7 Å². The van der Waals surface area contributed by atoms with Crippen LogP contribution < -0.4 is 0 Å². The predicted octanol–water partition coefficient (Wildman–Crippen LogP) is 3.56. The van der Waals surface area contributed by atoms with Gasteiger partial charge in [0.15, 0.2) is 6.29 Å². The third-order valence-corrected chi connectivity index (χ3v) is 3.84. The standard InChI is InChI=1S/C15H28NO/c1-2-3-4-7-11-16-12-10-15(14-16)9-6-5-8-13-17/h15H,2-12,14H2,1H3. The number of likely N-dealkylation sites (tertiary alicyclic amines) is 1. The van der Waals surface area contributed by atoms with Gasteiger partial charge in [0.05, 0.1) is 0 Å². The molecule has 17 heavy (non-hydrogen) atoms. The smallest absolute Gasteiger partial charge is 0.198 e. The van der Waals surface area contributed by atoms with E-state index >= 15 is 0 Å². The summed E-state index contributed by atoms with van der Waals surface area (Å²) in [5, 5.41) is 0. The molecule has 0 aromatic carbocycles. The van der Waals surface area contributed by atoms with Crippen LogP contribution in [0.5, 0.6) is 0 Å². The lowest BCUT2D eigenvalue weighted by Gasteiger charge is -2.15. The molecule has 1 heterocycles. The van der Waals surface area contributed by atoms with Gasteiger partial charge in [-0.05, 0) is 44.7 Å². The molecule has 0 N–H and O–H groups in total. The number of hydrogen-bond donors (Lipinski definition) is 0. The van der Waals surface area contributed by atoms with Gasteiger partial charge in [-0.1, -0.05) is 32.6 Å². The highest BCUT2D eigenvalue weighted by Crippen LogP contribution is 2.22. The molecule has 99 valence electrons. The fraction of sp³-hybridized carbons (Fsp3) is 0.933. The van der Waals surface area contributed by atoms with Crippen LogP contribution in [0.3, 0.4) is 0 Å². The van der Waals surface area contributed by atoms with Gasteiger partial charge in [0.2, 0.25) is 0 Å². The minimum atomic E-state index is 0.632. The molecule has 2 heteroatoms. The molecule has 0 aliphatic carbocycles. The first-order valence-electron chi connectivity index (χ1n) is 7.44. The molecule has 1 saturated heterocycles. The zero-order valence-corrected chi connectivity index (χ0v) is 11.4. The van der Waals surface area contributed by atoms with Crippen LogP contribution in [0.1, 0.15) is 64.7 Å². The van der Waals surface area contributed by atoms with Crippen molar-refractivity contribution in [1.82, 2.24) is 4.90 Å². The number of rotatable bonds is 10. The maximum absolute atomic E-state index is 10.1. The molecule has 1 atom stereocenters. The molecule has 0 aromatic heterocycles. The Morgan fingerprint density at radius 2 is 2.06 bits per heavy atom. The quantitative estimate of drug-likeness (QED) is 0.542. The lowest BCUT2D eigenvalue weighted by molar-refractivity contribution is 0.310. The monoisotopic (exact) mass is 238 g/mol. The van der Waals surface area contributed by atoms with Crippen molar-refractivity contribution in [1.29, 1.82) is 0 Å². The van der Waals surface area contributed by atoms with Crippen LogP contribution in [0.2, 0.25) is 0 Å². The van der Waals surface area contributed by atoms with Gasteiger partial charge in [-0.3, -0.25) is 4.79 Å². The minimum Gasteiger partial charge on any atom is -0.303 e. The first kappa shape index (κ1) is 14.7. The van der Waals surface area contributed by atoms with Gasteiger partial charge in [-0.2, -0.15) is 0 Å². The first-order chi connectivity index (χ1) is 8.36. The van der Waals surface area contributed by atoms with E-state index in [0.717, 1.165) is 12.3 Å². The highest BCUT2D eigenvalue weighted by molar-refractivity contribution is 5.50. The summed E-state index contributed by atoms with van der Waals surface area (Å²) in [7, 11) is 0. The van der Waals surface area contributed by atoms with Crippen molar-refractivity contribution < 1.29 is 4.79 Å². The van der Waals surface area contributed by atoms with Crippen molar-refractivity contribution in [3.05, 3.63) is 0 Å². The zero-order valence-electron chi connectivity index (χ0n) is 11.4. The Morgan fingerprint density at radius 3 is 2.82 bits per heavy atom. The summed E-state index contributed by atoms with van der Waals surface area (Å²) >= 11 is 0. The fourth-order valence-electron chi connectivity index (χ4n) is 2.74. The Labute approximate surface area is 107 Å². The lowest BCUT2D eigenvalue weighted by Crippen LogP contribution is -2.21. The fourth-order valence-corrected chi connectivity index (χ4v) is 2.74. The highest BCUT2D eigenvalue weighted by atomic mass is 16.1. The molecule has 0 aromatic rings. The van der Waals surface area contributed by atoms with E-state index in [4.69, 9.17) is 0 Å². The summed E-state index contributed by atoms with van der Waals surface area (Å²) < 4.78 is 0. The highest BCUT2D eigenvalue weighted by Gasteiger charge is 2.21. The number of hydrogen-bond acceptors (Lipinski definition) is 2. The molecular weight excluding hydrogens is 210 g/mol. The lowest BCUT2D eigenvalue weighted by atomic mass is 10.0. The molecule has 0 bridgehead atoms. The van der Waals surface area contributed by atoms with Crippen LogP contribution in [0.15, 0.2) is 0 Å². The van der Waals surface area contributed by atoms with E-state index in [9.17, 15) is 4.79 Å². The van der Waals surface area contributed by atoms with Crippen molar-refractivity contribution in [2.24, 2.45) is 5.92 Å². The summed E-state index contributed by atoms with van der Waals surface area (Å²) in [6.07, 6.45) is 13.0. The normalized spacial score (nSPS) is 20.9. The summed E-state index contributed by atoms with van der Waals surface area (Å²) in [4.78, 5) is 12.7. The second kappa shape index (κ2) is 9.64. The number of nitrogens with zero attached hydrogens (tertiary/aromatic N) is 1. The van der Waals surface area contributed by atoms with E-state index in [0.29, 0.717) is 6.42 Å². The summed E-state index contributed by atoms with van der Waals surface area (Å²) in [6, 6.07) is 0.